The van der Waals surface area contributed by atoms with Crippen LogP contribution in [0, 0.1) is 0 Å². The highest BCUT2D eigenvalue weighted by Gasteiger charge is 2.23. The lowest BCUT2D eigenvalue weighted by Gasteiger charge is -2.24. The number of carbonyl (C=O) groups is 2. The van der Waals surface area contributed by atoms with Crippen LogP contribution in [-0.4, -0.2) is 28.4 Å². The van der Waals surface area contributed by atoms with Gasteiger partial charge < -0.3 is 9.47 Å². The summed E-state index contributed by atoms with van der Waals surface area (Å²) >= 11 is 0. The zero-order chi connectivity index (χ0) is 26.1. The third kappa shape index (κ3) is 6.22. The van der Waals surface area contributed by atoms with Gasteiger partial charge in [-0.3, -0.25) is 10.6 Å². The van der Waals surface area contributed by atoms with Crippen molar-refractivity contribution < 1.29 is 19.1 Å². The van der Waals surface area contributed by atoms with Crippen LogP contribution in [0.1, 0.15) is 59.1 Å². The van der Waals surface area contributed by atoms with E-state index in [0.29, 0.717) is 12.1 Å². The fourth-order valence-electron chi connectivity index (χ4n) is 4.13. The molecule has 2 N–H and O–H groups in total. The highest BCUT2D eigenvalue weighted by molar-refractivity contribution is 5.95. The molecule has 4 rings (SSSR count). The summed E-state index contributed by atoms with van der Waals surface area (Å²) in [6.45, 7) is 11.0. The topological polar surface area (TPSA) is 89.5 Å². The Morgan fingerprint density at radius 3 is 2.11 bits per heavy atom. The molecule has 0 aliphatic heterocycles. The summed E-state index contributed by atoms with van der Waals surface area (Å²) < 4.78 is 10.8. The van der Waals surface area contributed by atoms with Crippen LogP contribution in [0.5, 0.6) is 0 Å². The number of allylic oxidation sites excluding steroid dienone is 1. The second kappa shape index (κ2) is 9.64. The highest BCUT2D eigenvalue weighted by Crippen LogP contribution is 2.36. The predicted molar refractivity (Wildman–Crippen MR) is 143 cm³/mol. The molecule has 7 heteroatoms. The maximum atomic E-state index is 12.4. The minimum atomic E-state index is -0.587. The smallest absolute Gasteiger partial charge is 0.412 e. The molecular formula is C29H33N3O4. The van der Waals surface area contributed by atoms with E-state index in [1.165, 1.54) is 0 Å². The van der Waals surface area contributed by atoms with Crippen molar-refractivity contribution in [3.63, 3.8) is 0 Å². The van der Waals surface area contributed by atoms with Crippen molar-refractivity contribution in [3.05, 3.63) is 65.4 Å². The maximum Gasteiger partial charge on any atom is 0.412 e. The van der Waals surface area contributed by atoms with E-state index in [9.17, 15) is 9.59 Å². The molecule has 36 heavy (non-hydrogen) atoms. The minimum absolute atomic E-state index is 0.468. The molecule has 1 aliphatic carbocycles. The number of anilines is 1. The first kappa shape index (κ1) is 25.2. The van der Waals surface area contributed by atoms with Gasteiger partial charge in [0, 0.05) is 27.9 Å². The molecule has 1 aromatic heterocycles. The number of nitrogens with one attached hydrogen (secondary N) is 2. The number of pyridine rings is 1. The third-order valence-electron chi connectivity index (χ3n) is 5.45. The number of rotatable bonds is 3. The van der Waals surface area contributed by atoms with E-state index in [-0.39, 0.29) is 0 Å². The Bertz CT molecular complexity index is 1330. The van der Waals surface area contributed by atoms with Gasteiger partial charge in [0.25, 0.3) is 0 Å². The van der Waals surface area contributed by atoms with Crippen LogP contribution in [0.15, 0.2) is 54.2 Å². The van der Waals surface area contributed by atoms with E-state index in [0.717, 1.165) is 45.4 Å². The summed E-state index contributed by atoms with van der Waals surface area (Å²) in [5.74, 6) is 0. The van der Waals surface area contributed by atoms with Gasteiger partial charge in [0.2, 0.25) is 0 Å². The zero-order valence-corrected chi connectivity index (χ0v) is 21.7. The summed E-state index contributed by atoms with van der Waals surface area (Å²) in [6, 6.07) is 15.6. The van der Waals surface area contributed by atoms with Gasteiger partial charge >= 0.3 is 12.2 Å². The summed E-state index contributed by atoms with van der Waals surface area (Å²) in [5, 5.41) is 6.71. The molecule has 1 heterocycles. The Kier molecular flexibility index (Phi) is 6.76. The molecule has 2 amide bonds. The lowest BCUT2D eigenvalue weighted by atomic mass is 9.89. The molecule has 0 unspecified atom stereocenters. The van der Waals surface area contributed by atoms with E-state index < -0.39 is 23.4 Å². The number of hydrogen-bond donors (Lipinski definition) is 2. The molecule has 0 spiro atoms. The molecule has 0 bridgehead atoms. The Hall–Kier alpha value is -3.87. The molecule has 3 aromatic rings. The standard InChI is InChI=1S/C29H33N3O4/c1-28(2,3)35-26(33)30-19-12-14-21-22-15-13-20(31-27(34)36-29(4,5)6)17-24(22)32-25(23(21)16-19)18-10-8-7-9-11-18/h7-11,13,15-17H,12,14H2,1-6H3,(H,30,33)(H,31,34). The average molecular weight is 488 g/mol. The molecule has 1 aliphatic rings. The van der Waals surface area contributed by atoms with Crippen LogP contribution in [-0.2, 0) is 15.9 Å². The summed E-state index contributed by atoms with van der Waals surface area (Å²) in [7, 11) is 0. The summed E-state index contributed by atoms with van der Waals surface area (Å²) in [6.07, 6.45) is 2.41. The van der Waals surface area contributed by atoms with Gasteiger partial charge in [0.05, 0.1) is 11.2 Å². The number of ether oxygens (including phenoxy) is 2. The van der Waals surface area contributed by atoms with Gasteiger partial charge in [0.15, 0.2) is 0 Å². The van der Waals surface area contributed by atoms with Crippen molar-refractivity contribution in [3.8, 4) is 11.3 Å². The van der Waals surface area contributed by atoms with Crippen LogP contribution in [0.3, 0.4) is 0 Å². The second-order valence-electron chi connectivity index (χ2n) is 10.9. The quantitative estimate of drug-likeness (QED) is 0.413. The monoisotopic (exact) mass is 487 g/mol. The van der Waals surface area contributed by atoms with Crippen molar-refractivity contribution >= 4 is 34.9 Å². The zero-order valence-electron chi connectivity index (χ0n) is 21.7. The molecule has 0 atom stereocenters. The first-order valence-electron chi connectivity index (χ1n) is 12.1. The van der Waals surface area contributed by atoms with E-state index in [4.69, 9.17) is 14.5 Å². The molecule has 0 saturated carbocycles. The van der Waals surface area contributed by atoms with Gasteiger partial charge in [-0.05, 0) is 78.2 Å². The molecule has 7 nitrogen and oxygen atoms in total. The van der Waals surface area contributed by atoms with Crippen molar-refractivity contribution in [2.24, 2.45) is 0 Å². The highest BCUT2D eigenvalue weighted by atomic mass is 16.6. The van der Waals surface area contributed by atoms with Crippen LogP contribution in [0.4, 0.5) is 15.3 Å². The maximum absolute atomic E-state index is 12.4. The molecule has 0 saturated heterocycles. The van der Waals surface area contributed by atoms with Crippen LogP contribution >= 0.6 is 0 Å². The number of amides is 2. The SMILES string of the molecule is CC(C)(C)OC(=O)NC1=Cc2c(-c3ccccc3)nc3cc(NC(=O)OC(C)(C)C)ccc3c2CC1. The van der Waals surface area contributed by atoms with E-state index in [1.54, 1.807) is 0 Å². The third-order valence-corrected chi connectivity index (χ3v) is 5.45. The minimum Gasteiger partial charge on any atom is -0.444 e. The molecule has 0 radical (unpaired) electrons. The van der Waals surface area contributed by atoms with Crippen molar-refractivity contribution in [2.75, 3.05) is 5.32 Å². The molecule has 0 fully saturated rings. The van der Waals surface area contributed by atoms with Crippen LogP contribution in [0.25, 0.3) is 28.2 Å². The van der Waals surface area contributed by atoms with Gasteiger partial charge in [-0.25, -0.2) is 14.6 Å². The van der Waals surface area contributed by atoms with Gasteiger partial charge in [-0.1, -0.05) is 36.4 Å². The van der Waals surface area contributed by atoms with Gasteiger partial charge in [0.1, 0.15) is 11.2 Å². The fraction of sp³-hybridized carbons (Fsp3) is 0.345. The number of benzene rings is 2. The number of aryl methyl sites for hydroxylation is 1. The Morgan fingerprint density at radius 1 is 0.833 bits per heavy atom. The van der Waals surface area contributed by atoms with Crippen LogP contribution < -0.4 is 10.6 Å². The number of nitrogens with zero attached hydrogens (tertiary/aromatic N) is 1. The Morgan fingerprint density at radius 2 is 1.47 bits per heavy atom. The van der Waals surface area contributed by atoms with Crippen molar-refractivity contribution in [1.29, 1.82) is 0 Å². The number of fused-ring (bicyclic) bond motifs is 3. The van der Waals surface area contributed by atoms with E-state index in [2.05, 4.69) is 10.6 Å². The normalized spacial score (nSPS) is 13.4. The predicted octanol–water partition coefficient (Wildman–Crippen LogP) is 7.06. The van der Waals surface area contributed by atoms with Crippen molar-refractivity contribution in [1.82, 2.24) is 10.3 Å². The van der Waals surface area contributed by atoms with Crippen LogP contribution in [0.2, 0.25) is 0 Å². The molecule has 188 valence electrons. The first-order valence-corrected chi connectivity index (χ1v) is 12.1. The average Bonchev–Trinajstić information content (AvgIpc) is 2.76. The summed E-state index contributed by atoms with van der Waals surface area (Å²) in [5.41, 5.74) is 4.92. The molecule has 2 aromatic carbocycles. The molecular weight excluding hydrogens is 454 g/mol. The van der Waals surface area contributed by atoms with Crippen molar-refractivity contribution in [2.45, 2.75) is 65.6 Å². The number of aromatic nitrogens is 1. The number of hydrogen-bond acceptors (Lipinski definition) is 5. The first-order chi connectivity index (χ1) is 16.9. The lowest BCUT2D eigenvalue weighted by molar-refractivity contribution is 0.0543. The van der Waals surface area contributed by atoms with Gasteiger partial charge in [-0.15, -0.1) is 0 Å². The number of alkyl carbamates (subject to hydrolysis) is 1. The fourth-order valence-corrected chi connectivity index (χ4v) is 4.13. The van der Waals surface area contributed by atoms with E-state index in [1.807, 2.05) is 96.1 Å². The Labute approximate surface area is 211 Å². The van der Waals surface area contributed by atoms with E-state index >= 15 is 0 Å². The second-order valence-corrected chi connectivity index (χ2v) is 10.9. The number of carbonyl (C=O) groups excluding carboxylic acids is 2. The van der Waals surface area contributed by atoms with Gasteiger partial charge in [-0.2, -0.15) is 0 Å². The lowest BCUT2D eigenvalue weighted by Crippen LogP contribution is -2.32. The summed E-state index contributed by atoms with van der Waals surface area (Å²) in [4.78, 5) is 29.7. The largest absolute Gasteiger partial charge is 0.444 e. The Balaban J connectivity index is 1.75.